The molecule has 2 rings (SSSR count). The van der Waals surface area contributed by atoms with Crippen LogP contribution in [0.5, 0.6) is 11.6 Å². The van der Waals surface area contributed by atoms with Gasteiger partial charge in [-0.15, -0.1) is 0 Å². The summed E-state index contributed by atoms with van der Waals surface area (Å²) in [5.74, 6) is -1.66. The Labute approximate surface area is 110 Å². The summed E-state index contributed by atoms with van der Waals surface area (Å²) >= 11 is 3.17. The van der Waals surface area contributed by atoms with Crippen LogP contribution in [0.4, 0.5) is 14.7 Å². The topological polar surface area (TPSA) is 47.0 Å². The first kappa shape index (κ1) is 12.7. The lowest BCUT2D eigenvalue weighted by molar-refractivity contribution is 0.396. The summed E-state index contributed by atoms with van der Waals surface area (Å²) in [6, 6.07) is 4.10. The van der Waals surface area contributed by atoms with Gasteiger partial charge in [-0.2, -0.15) is 9.37 Å². The quantitative estimate of drug-likeness (QED) is 0.943. The van der Waals surface area contributed by atoms with Gasteiger partial charge in [-0.3, -0.25) is 0 Å². The molecule has 7 heteroatoms. The van der Waals surface area contributed by atoms with Gasteiger partial charge in [0.2, 0.25) is 11.8 Å². The second-order valence-corrected chi connectivity index (χ2v) is 4.19. The van der Waals surface area contributed by atoms with E-state index in [1.165, 1.54) is 18.2 Å². The van der Waals surface area contributed by atoms with Crippen molar-refractivity contribution in [3.8, 4) is 11.6 Å². The Hall–Kier alpha value is -1.76. The molecule has 2 aromatic rings. The Bertz CT molecular complexity index is 580. The van der Waals surface area contributed by atoms with Crippen molar-refractivity contribution in [2.24, 2.45) is 0 Å². The number of ether oxygens (including phenoxy) is 1. The molecular formula is C11H8BrF2N3O. The smallest absolute Gasteiger partial charge is 0.260 e. The maximum absolute atomic E-state index is 13.4. The summed E-state index contributed by atoms with van der Waals surface area (Å²) in [6.45, 7) is 0. The first-order valence-corrected chi connectivity index (χ1v) is 5.72. The van der Waals surface area contributed by atoms with E-state index >= 15 is 0 Å². The van der Waals surface area contributed by atoms with E-state index in [2.05, 4.69) is 31.2 Å². The minimum Gasteiger partial charge on any atom is -0.433 e. The molecule has 0 aliphatic carbocycles. The molecule has 0 fully saturated rings. The van der Waals surface area contributed by atoms with Gasteiger partial charge in [-0.05, 0) is 18.2 Å². The Morgan fingerprint density at radius 1 is 1.28 bits per heavy atom. The van der Waals surface area contributed by atoms with Crippen LogP contribution in [0.15, 0.2) is 28.9 Å². The van der Waals surface area contributed by atoms with Gasteiger partial charge < -0.3 is 10.1 Å². The van der Waals surface area contributed by atoms with Gasteiger partial charge in [0, 0.05) is 11.5 Å². The lowest BCUT2D eigenvalue weighted by Gasteiger charge is -2.08. The largest absolute Gasteiger partial charge is 0.433 e. The van der Waals surface area contributed by atoms with Crippen LogP contribution < -0.4 is 10.1 Å². The van der Waals surface area contributed by atoms with Gasteiger partial charge in [-0.1, -0.05) is 15.9 Å². The van der Waals surface area contributed by atoms with Crippen LogP contribution in [0, 0.1) is 11.6 Å². The van der Waals surface area contributed by atoms with Gasteiger partial charge in [0.15, 0.2) is 11.6 Å². The van der Waals surface area contributed by atoms with Crippen molar-refractivity contribution in [2.75, 3.05) is 12.4 Å². The van der Waals surface area contributed by atoms with Crippen LogP contribution in [-0.2, 0) is 0 Å². The molecule has 94 valence electrons. The third kappa shape index (κ3) is 2.73. The van der Waals surface area contributed by atoms with Gasteiger partial charge >= 0.3 is 0 Å². The fourth-order valence-corrected chi connectivity index (χ4v) is 1.54. The van der Waals surface area contributed by atoms with E-state index in [1.807, 2.05) is 0 Å². The maximum atomic E-state index is 13.4. The predicted octanol–water partition coefficient (Wildman–Crippen LogP) is 3.35. The van der Waals surface area contributed by atoms with E-state index in [-0.39, 0.29) is 17.6 Å². The molecule has 0 unspecified atom stereocenters. The number of anilines is 1. The number of aromatic nitrogens is 2. The van der Waals surface area contributed by atoms with Crippen molar-refractivity contribution in [3.63, 3.8) is 0 Å². The van der Waals surface area contributed by atoms with E-state index in [4.69, 9.17) is 4.74 Å². The standard InChI is InChI=1S/C11H8BrF2N3O/c1-15-11-16-5-8(14)10(17-11)18-9-4-6(12)2-3-7(9)13/h2-5H,1H3,(H,15,16,17). The highest BCUT2D eigenvalue weighted by atomic mass is 79.9. The summed E-state index contributed by atoms with van der Waals surface area (Å²) < 4.78 is 32.6. The zero-order valence-electron chi connectivity index (χ0n) is 9.25. The summed E-state index contributed by atoms with van der Waals surface area (Å²) in [5.41, 5.74) is 0. The highest BCUT2D eigenvalue weighted by Crippen LogP contribution is 2.28. The minimum absolute atomic E-state index is 0.121. The molecule has 0 radical (unpaired) electrons. The van der Waals surface area contributed by atoms with E-state index in [9.17, 15) is 8.78 Å². The van der Waals surface area contributed by atoms with Crippen molar-refractivity contribution < 1.29 is 13.5 Å². The molecule has 4 nitrogen and oxygen atoms in total. The number of hydrogen-bond acceptors (Lipinski definition) is 4. The molecule has 18 heavy (non-hydrogen) atoms. The Morgan fingerprint density at radius 2 is 2.06 bits per heavy atom. The lowest BCUT2D eigenvalue weighted by atomic mass is 10.3. The first-order valence-electron chi connectivity index (χ1n) is 4.93. The van der Waals surface area contributed by atoms with E-state index in [0.717, 1.165) is 6.20 Å². The monoisotopic (exact) mass is 315 g/mol. The minimum atomic E-state index is -0.770. The first-order chi connectivity index (χ1) is 8.60. The van der Waals surface area contributed by atoms with E-state index in [0.29, 0.717) is 4.47 Å². The number of halogens is 3. The Balaban J connectivity index is 2.36. The molecule has 0 aliphatic rings. The van der Waals surface area contributed by atoms with Crippen LogP contribution in [0.25, 0.3) is 0 Å². The van der Waals surface area contributed by atoms with Gasteiger partial charge in [0.25, 0.3) is 5.88 Å². The molecule has 1 aromatic carbocycles. The van der Waals surface area contributed by atoms with Crippen molar-refractivity contribution in [3.05, 3.63) is 40.5 Å². The summed E-state index contributed by atoms with van der Waals surface area (Å²) in [5, 5.41) is 2.63. The van der Waals surface area contributed by atoms with Crippen molar-refractivity contribution >= 4 is 21.9 Å². The van der Waals surface area contributed by atoms with Crippen LogP contribution in [0.1, 0.15) is 0 Å². The van der Waals surface area contributed by atoms with Crippen molar-refractivity contribution in [2.45, 2.75) is 0 Å². The number of hydrogen-bond donors (Lipinski definition) is 1. The van der Waals surface area contributed by atoms with Gasteiger partial charge in [0.05, 0.1) is 6.20 Å². The molecule has 0 amide bonds. The SMILES string of the molecule is CNc1ncc(F)c(Oc2cc(Br)ccc2F)n1. The van der Waals surface area contributed by atoms with Gasteiger partial charge in [0.1, 0.15) is 0 Å². The molecule has 0 aliphatic heterocycles. The summed E-state index contributed by atoms with van der Waals surface area (Å²) in [7, 11) is 1.58. The fourth-order valence-electron chi connectivity index (χ4n) is 1.20. The fraction of sp³-hybridized carbons (Fsp3) is 0.0909. The lowest BCUT2D eigenvalue weighted by Crippen LogP contribution is -2.01. The Morgan fingerprint density at radius 3 is 2.78 bits per heavy atom. The van der Waals surface area contributed by atoms with Crippen LogP contribution in [0.3, 0.4) is 0 Å². The number of benzene rings is 1. The zero-order chi connectivity index (χ0) is 13.1. The van der Waals surface area contributed by atoms with E-state index in [1.54, 1.807) is 7.05 Å². The van der Waals surface area contributed by atoms with Crippen LogP contribution in [0.2, 0.25) is 0 Å². The van der Waals surface area contributed by atoms with Crippen LogP contribution in [-0.4, -0.2) is 17.0 Å². The molecule has 0 saturated carbocycles. The summed E-state index contributed by atoms with van der Waals surface area (Å²) in [4.78, 5) is 7.41. The third-order valence-corrected chi connectivity index (χ3v) is 2.53. The highest BCUT2D eigenvalue weighted by Gasteiger charge is 2.12. The van der Waals surface area contributed by atoms with Crippen molar-refractivity contribution in [1.82, 2.24) is 9.97 Å². The number of nitrogens with one attached hydrogen (secondary N) is 1. The second kappa shape index (κ2) is 5.26. The molecule has 0 saturated heterocycles. The third-order valence-electron chi connectivity index (χ3n) is 2.04. The number of rotatable bonds is 3. The average molecular weight is 316 g/mol. The summed E-state index contributed by atoms with van der Waals surface area (Å²) in [6.07, 6.45) is 0.948. The van der Waals surface area contributed by atoms with Crippen molar-refractivity contribution in [1.29, 1.82) is 0 Å². The molecule has 1 aromatic heterocycles. The Kier molecular flexibility index (Phi) is 3.71. The zero-order valence-corrected chi connectivity index (χ0v) is 10.8. The molecule has 0 spiro atoms. The molecule has 0 atom stereocenters. The predicted molar refractivity (Wildman–Crippen MR) is 65.7 cm³/mol. The normalized spacial score (nSPS) is 10.2. The highest BCUT2D eigenvalue weighted by molar-refractivity contribution is 9.10. The second-order valence-electron chi connectivity index (χ2n) is 3.27. The molecular weight excluding hydrogens is 308 g/mol. The maximum Gasteiger partial charge on any atom is 0.260 e. The molecule has 1 N–H and O–H groups in total. The van der Waals surface area contributed by atoms with Crippen LogP contribution >= 0.6 is 15.9 Å². The molecule has 1 heterocycles. The molecule has 0 bridgehead atoms. The number of nitrogens with zero attached hydrogens (tertiary/aromatic N) is 2. The average Bonchev–Trinajstić information content (AvgIpc) is 2.36. The van der Waals surface area contributed by atoms with Gasteiger partial charge in [-0.25, -0.2) is 9.37 Å². The van der Waals surface area contributed by atoms with E-state index < -0.39 is 11.6 Å².